The van der Waals surface area contributed by atoms with Gasteiger partial charge in [-0.05, 0) is 36.4 Å². The average molecular weight is 285 g/mol. The van der Waals surface area contributed by atoms with Gasteiger partial charge in [-0.1, -0.05) is 0 Å². The minimum atomic E-state index is -1.19. The number of nitrogens with one attached hydrogen (secondary N) is 1. The third-order valence-corrected chi connectivity index (χ3v) is 2.90. The van der Waals surface area contributed by atoms with Gasteiger partial charge in [0.05, 0.1) is 5.69 Å². The van der Waals surface area contributed by atoms with Crippen LogP contribution in [0.4, 0.5) is 11.4 Å². The second kappa shape index (κ2) is 6.04. The third kappa shape index (κ3) is 3.36. The summed E-state index contributed by atoms with van der Waals surface area (Å²) in [6, 6.07) is 10.1. The minimum absolute atomic E-state index is 0.173. The molecule has 6 heteroatoms. The number of aromatic nitrogens is 1. The highest BCUT2D eigenvalue weighted by molar-refractivity contribution is 6.07. The molecule has 2 rings (SSSR count). The Labute approximate surface area is 122 Å². The van der Waals surface area contributed by atoms with Gasteiger partial charge in [-0.3, -0.25) is 4.79 Å². The first-order valence-corrected chi connectivity index (χ1v) is 6.26. The molecule has 1 aromatic heterocycles. The Balaban J connectivity index is 2.20. The van der Waals surface area contributed by atoms with Crippen molar-refractivity contribution in [1.29, 1.82) is 0 Å². The standard InChI is InChI=1S/C15H15N3O3/c1-18(2)11-7-5-10(6-8-11)14(19)17-12-4-3-9-16-13(12)15(20)21/h3-9H,1-2H3,(H,17,19)(H,20,21). The summed E-state index contributed by atoms with van der Waals surface area (Å²) in [5, 5.41) is 11.6. The largest absolute Gasteiger partial charge is 0.476 e. The number of amides is 1. The van der Waals surface area contributed by atoms with E-state index in [0.717, 1.165) is 5.69 Å². The number of pyridine rings is 1. The number of aromatic carboxylic acids is 1. The third-order valence-electron chi connectivity index (χ3n) is 2.90. The van der Waals surface area contributed by atoms with Gasteiger partial charge < -0.3 is 15.3 Å². The fourth-order valence-corrected chi connectivity index (χ4v) is 1.78. The molecule has 0 unspecified atom stereocenters. The molecule has 0 bridgehead atoms. The van der Waals surface area contributed by atoms with Gasteiger partial charge in [0.1, 0.15) is 0 Å². The molecule has 1 heterocycles. The zero-order valence-electron chi connectivity index (χ0n) is 11.7. The van der Waals surface area contributed by atoms with Crippen LogP contribution >= 0.6 is 0 Å². The van der Waals surface area contributed by atoms with E-state index in [0.29, 0.717) is 5.56 Å². The van der Waals surface area contributed by atoms with Gasteiger partial charge in [-0.2, -0.15) is 0 Å². The van der Waals surface area contributed by atoms with Crippen LogP contribution in [0.25, 0.3) is 0 Å². The first kappa shape index (κ1) is 14.5. The van der Waals surface area contributed by atoms with Crippen molar-refractivity contribution in [1.82, 2.24) is 4.98 Å². The van der Waals surface area contributed by atoms with Crippen LogP contribution in [0.3, 0.4) is 0 Å². The van der Waals surface area contributed by atoms with E-state index in [1.807, 2.05) is 31.1 Å². The number of hydrogen-bond donors (Lipinski definition) is 2. The molecule has 0 aliphatic heterocycles. The second-order valence-corrected chi connectivity index (χ2v) is 4.60. The quantitative estimate of drug-likeness (QED) is 0.899. The highest BCUT2D eigenvalue weighted by Gasteiger charge is 2.14. The summed E-state index contributed by atoms with van der Waals surface area (Å²) in [4.78, 5) is 28.8. The molecule has 1 aromatic carbocycles. The summed E-state index contributed by atoms with van der Waals surface area (Å²) in [5.41, 5.74) is 1.40. The Kier molecular flexibility index (Phi) is 4.18. The lowest BCUT2D eigenvalue weighted by molar-refractivity contribution is 0.0692. The lowest BCUT2D eigenvalue weighted by Crippen LogP contribution is -2.16. The fraction of sp³-hybridized carbons (Fsp3) is 0.133. The van der Waals surface area contributed by atoms with E-state index >= 15 is 0 Å². The second-order valence-electron chi connectivity index (χ2n) is 4.60. The number of carboxylic acids is 1. The van der Waals surface area contributed by atoms with Crippen molar-refractivity contribution in [3.8, 4) is 0 Å². The molecule has 0 aliphatic carbocycles. The molecule has 0 aliphatic rings. The Hall–Kier alpha value is -2.89. The van der Waals surface area contributed by atoms with Crippen molar-refractivity contribution < 1.29 is 14.7 Å². The predicted octanol–water partition coefficient (Wildman–Crippen LogP) is 2.10. The summed E-state index contributed by atoms with van der Waals surface area (Å²) < 4.78 is 0. The maximum atomic E-state index is 12.1. The van der Waals surface area contributed by atoms with E-state index in [-0.39, 0.29) is 17.3 Å². The zero-order valence-corrected chi connectivity index (χ0v) is 11.7. The van der Waals surface area contributed by atoms with Crippen LogP contribution in [-0.4, -0.2) is 36.1 Å². The number of anilines is 2. The molecule has 0 saturated heterocycles. The van der Waals surface area contributed by atoms with Gasteiger partial charge in [-0.15, -0.1) is 0 Å². The topological polar surface area (TPSA) is 82.5 Å². The van der Waals surface area contributed by atoms with Gasteiger partial charge in [0.2, 0.25) is 0 Å². The maximum Gasteiger partial charge on any atom is 0.356 e. The zero-order chi connectivity index (χ0) is 15.4. The first-order chi connectivity index (χ1) is 9.99. The van der Waals surface area contributed by atoms with Crippen molar-refractivity contribution in [2.24, 2.45) is 0 Å². The Morgan fingerprint density at radius 3 is 2.38 bits per heavy atom. The molecule has 0 atom stereocenters. The molecular formula is C15H15N3O3. The van der Waals surface area contributed by atoms with Crippen molar-refractivity contribution in [2.45, 2.75) is 0 Å². The van der Waals surface area contributed by atoms with E-state index in [1.165, 1.54) is 12.3 Å². The van der Waals surface area contributed by atoms with Crippen LogP contribution in [-0.2, 0) is 0 Å². The normalized spacial score (nSPS) is 10.0. The SMILES string of the molecule is CN(C)c1ccc(C(=O)Nc2cccnc2C(=O)O)cc1. The van der Waals surface area contributed by atoms with Crippen LogP contribution in [0.5, 0.6) is 0 Å². The predicted molar refractivity (Wildman–Crippen MR) is 79.9 cm³/mol. The van der Waals surface area contributed by atoms with Gasteiger partial charge in [0, 0.05) is 31.5 Å². The number of carboxylic acid groups (broad SMARTS) is 1. The molecule has 0 radical (unpaired) electrons. The van der Waals surface area contributed by atoms with E-state index in [1.54, 1.807) is 18.2 Å². The molecule has 2 aromatic rings. The molecule has 0 saturated carbocycles. The highest BCUT2D eigenvalue weighted by atomic mass is 16.4. The van der Waals surface area contributed by atoms with E-state index in [2.05, 4.69) is 10.3 Å². The number of carbonyl (C=O) groups excluding carboxylic acids is 1. The fourth-order valence-electron chi connectivity index (χ4n) is 1.78. The van der Waals surface area contributed by atoms with Crippen molar-refractivity contribution >= 4 is 23.3 Å². The number of hydrogen-bond acceptors (Lipinski definition) is 4. The van der Waals surface area contributed by atoms with Crippen LogP contribution in [0.1, 0.15) is 20.8 Å². The van der Waals surface area contributed by atoms with Crippen molar-refractivity contribution in [3.05, 3.63) is 53.9 Å². The number of carbonyl (C=O) groups is 2. The Bertz CT molecular complexity index is 666. The number of nitrogens with zero attached hydrogens (tertiary/aromatic N) is 2. The summed E-state index contributed by atoms with van der Waals surface area (Å²) in [5.74, 6) is -1.57. The molecule has 21 heavy (non-hydrogen) atoms. The van der Waals surface area contributed by atoms with Crippen LogP contribution in [0.2, 0.25) is 0 Å². The van der Waals surface area contributed by atoms with E-state index in [9.17, 15) is 9.59 Å². The summed E-state index contributed by atoms with van der Waals surface area (Å²) in [6.07, 6.45) is 1.37. The highest BCUT2D eigenvalue weighted by Crippen LogP contribution is 2.16. The number of rotatable bonds is 4. The summed E-state index contributed by atoms with van der Waals surface area (Å²) >= 11 is 0. The van der Waals surface area contributed by atoms with Gasteiger partial charge in [0.25, 0.3) is 5.91 Å². The lowest BCUT2D eigenvalue weighted by atomic mass is 10.1. The summed E-state index contributed by atoms with van der Waals surface area (Å²) in [6.45, 7) is 0. The van der Waals surface area contributed by atoms with E-state index < -0.39 is 5.97 Å². The molecule has 108 valence electrons. The lowest BCUT2D eigenvalue weighted by Gasteiger charge is -2.13. The molecule has 6 nitrogen and oxygen atoms in total. The molecule has 1 amide bonds. The van der Waals surface area contributed by atoms with Gasteiger partial charge in [-0.25, -0.2) is 9.78 Å². The monoisotopic (exact) mass is 285 g/mol. The first-order valence-electron chi connectivity index (χ1n) is 6.26. The van der Waals surface area contributed by atoms with Crippen LogP contribution in [0.15, 0.2) is 42.6 Å². The van der Waals surface area contributed by atoms with E-state index in [4.69, 9.17) is 5.11 Å². The number of benzene rings is 1. The van der Waals surface area contributed by atoms with Gasteiger partial charge >= 0.3 is 5.97 Å². The Morgan fingerprint density at radius 2 is 1.81 bits per heavy atom. The van der Waals surface area contributed by atoms with Gasteiger partial charge in [0.15, 0.2) is 5.69 Å². The molecular weight excluding hydrogens is 270 g/mol. The molecule has 0 fully saturated rings. The summed E-state index contributed by atoms with van der Waals surface area (Å²) in [7, 11) is 3.81. The van der Waals surface area contributed by atoms with Crippen molar-refractivity contribution in [3.63, 3.8) is 0 Å². The van der Waals surface area contributed by atoms with Crippen LogP contribution < -0.4 is 10.2 Å². The smallest absolute Gasteiger partial charge is 0.356 e. The average Bonchev–Trinajstić information content (AvgIpc) is 2.47. The van der Waals surface area contributed by atoms with Crippen LogP contribution in [0, 0.1) is 0 Å². The molecule has 2 N–H and O–H groups in total. The molecule has 0 spiro atoms. The van der Waals surface area contributed by atoms with Crippen molar-refractivity contribution in [2.75, 3.05) is 24.3 Å². The minimum Gasteiger partial charge on any atom is -0.476 e. The maximum absolute atomic E-state index is 12.1. The Morgan fingerprint density at radius 1 is 1.14 bits per heavy atom.